The monoisotopic (exact) mass is 249 g/mol. The van der Waals surface area contributed by atoms with Crippen molar-refractivity contribution in [1.29, 1.82) is 0 Å². The summed E-state index contributed by atoms with van der Waals surface area (Å²) in [5, 5.41) is 5.34. The highest BCUT2D eigenvalue weighted by molar-refractivity contribution is 7.10. The van der Waals surface area contributed by atoms with Gasteiger partial charge in [-0.2, -0.15) is 0 Å². The lowest BCUT2D eigenvalue weighted by atomic mass is 9.95. The van der Waals surface area contributed by atoms with Crippen molar-refractivity contribution in [3.8, 4) is 0 Å². The molecule has 0 aliphatic carbocycles. The normalized spacial score (nSPS) is 12.7. The number of hydrogen-bond donors (Lipinski definition) is 1. The molecule has 0 amide bonds. The van der Waals surface area contributed by atoms with E-state index < -0.39 is 0 Å². The molecule has 0 aliphatic heterocycles. The maximum atomic E-state index is 13.4. The van der Waals surface area contributed by atoms with E-state index >= 15 is 0 Å². The maximum Gasteiger partial charge on any atom is 0.123 e. The van der Waals surface area contributed by atoms with Gasteiger partial charge >= 0.3 is 0 Å². The first-order valence-corrected chi connectivity index (χ1v) is 6.48. The van der Waals surface area contributed by atoms with Crippen molar-refractivity contribution in [2.24, 2.45) is 0 Å². The van der Waals surface area contributed by atoms with Gasteiger partial charge in [0.1, 0.15) is 5.82 Å². The molecule has 17 heavy (non-hydrogen) atoms. The largest absolute Gasteiger partial charge is 0.309 e. The van der Waals surface area contributed by atoms with Gasteiger partial charge in [0.05, 0.1) is 6.04 Å². The van der Waals surface area contributed by atoms with E-state index in [-0.39, 0.29) is 11.9 Å². The predicted molar refractivity (Wildman–Crippen MR) is 71.1 cm³/mol. The van der Waals surface area contributed by atoms with Gasteiger partial charge in [0.2, 0.25) is 0 Å². The third kappa shape index (κ3) is 2.40. The molecule has 0 saturated heterocycles. The fourth-order valence-electron chi connectivity index (χ4n) is 2.10. The highest BCUT2D eigenvalue weighted by Crippen LogP contribution is 2.30. The third-order valence-corrected chi connectivity index (χ3v) is 3.91. The average molecular weight is 249 g/mol. The molecule has 1 heterocycles. The summed E-state index contributed by atoms with van der Waals surface area (Å²) in [6, 6.07) is 7.12. The van der Waals surface area contributed by atoms with Crippen molar-refractivity contribution in [2.45, 2.75) is 19.9 Å². The van der Waals surface area contributed by atoms with Crippen LogP contribution >= 0.6 is 11.3 Å². The smallest absolute Gasteiger partial charge is 0.123 e. The Morgan fingerprint density at radius 3 is 2.53 bits per heavy atom. The molecule has 0 fully saturated rings. The summed E-state index contributed by atoms with van der Waals surface area (Å²) in [4.78, 5) is 1.27. The van der Waals surface area contributed by atoms with Gasteiger partial charge in [-0.05, 0) is 61.2 Å². The van der Waals surface area contributed by atoms with Crippen LogP contribution in [0.25, 0.3) is 0 Å². The second-order valence-electron chi connectivity index (χ2n) is 4.15. The number of nitrogens with one attached hydrogen (secondary N) is 1. The summed E-state index contributed by atoms with van der Waals surface area (Å²) in [7, 11) is 1.91. The third-order valence-electron chi connectivity index (χ3n) is 3.05. The second kappa shape index (κ2) is 4.98. The van der Waals surface area contributed by atoms with Gasteiger partial charge in [0.25, 0.3) is 0 Å². The summed E-state index contributed by atoms with van der Waals surface area (Å²) in [6.45, 7) is 4.11. The van der Waals surface area contributed by atoms with Crippen LogP contribution < -0.4 is 5.32 Å². The van der Waals surface area contributed by atoms with Gasteiger partial charge in [-0.15, -0.1) is 11.3 Å². The van der Waals surface area contributed by atoms with E-state index in [0.717, 1.165) is 11.1 Å². The quantitative estimate of drug-likeness (QED) is 0.872. The van der Waals surface area contributed by atoms with Gasteiger partial charge in [-0.25, -0.2) is 4.39 Å². The zero-order valence-electron chi connectivity index (χ0n) is 10.3. The Bertz CT molecular complexity index is 519. The van der Waals surface area contributed by atoms with Gasteiger partial charge in [0, 0.05) is 4.88 Å². The first-order valence-electron chi connectivity index (χ1n) is 5.60. The van der Waals surface area contributed by atoms with Crippen LogP contribution in [0.15, 0.2) is 29.6 Å². The van der Waals surface area contributed by atoms with Crippen LogP contribution in [0.2, 0.25) is 0 Å². The van der Waals surface area contributed by atoms with E-state index in [2.05, 4.69) is 23.7 Å². The average Bonchev–Trinajstić information content (AvgIpc) is 2.71. The Labute approximate surface area is 105 Å². The number of thiophene rings is 1. The molecule has 0 spiro atoms. The van der Waals surface area contributed by atoms with Crippen LogP contribution in [0.5, 0.6) is 0 Å². The molecular formula is C14H16FNS. The molecule has 1 aromatic carbocycles. The summed E-state index contributed by atoms with van der Waals surface area (Å²) in [6.07, 6.45) is 0. The van der Waals surface area contributed by atoms with Crippen LogP contribution in [0.4, 0.5) is 4.39 Å². The first kappa shape index (κ1) is 12.3. The minimum absolute atomic E-state index is 0.0666. The molecule has 90 valence electrons. The predicted octanol–water partition coefficient (Wildman–Crippen LogP) is 3.81. The van der Waals surface area contributed by atoms with Crippen LogP contribution in [-0.4, -0.2) is 7.05 Å². The Hall–Kier alpha value is -1.19. The molecule has 0 saturated carbocycles. The molecule has 0 aliphatic rings. The van der Waals surface area contributed by atoms with Crippen LogP contribution in [0.3, 0.4) is 0 Å². The Morgan fingerprint density at radius 2 is 1.94 bits per heavy atom. The van der Waals surface area contributed by atoms with E-state index in [0.29, 0.717) is 0 Å². The molecule has 1 nitrogen and oxygen atoms in total. The lowest BCUT2D eigenvalue weighted by Crippen LogP contribution is -2.19. The Morgan fingerprint density at radius 1 is 1.18 bits per heavy atom. The van der Waals surface area contributed by atoms with E-state index in [1.807, 2.05) is 20.0 Å². The first-order chi connectivity index (χ1) is 8.13. The molecule has 1 N–H and O–H groups in total. The topological polar surface area (TPSA) is 12.0 Å². The highest BCUT2D eigenvalue weighted by atomic mass is 32.1. The Balaban J connectivity index is 2.49. The molecular weight excluding hydrogens is 233 g/mol. The van der Waals surface area contributed by atoms with Gasteiger partial charge in [0.15, 0.2) is 0 Å². The van der Waals surface area contributed by atoms with Crippen molar-refractivity contribution in [3.63, 3.8) is 0 Å². The van der Waals surface area contributed by atoms with Crippen molar-refractivity contribution >= 4 is 11.3 Å². The van der Waals surface area contributed by atoms with E-state index in [9.17, 15) is 4.39 Å². The van der Waals surface area contributed by atoms with Gasteiger partial charge in [-0.1, -0.05) is 6.07 Å². The van der Waals surface area contributed by atoms with Gasteiger partial charge in [-0.3, -0.25) is 0 Å². The number of halogens is 1. The second-order valence-corrected chi connectivity index (χ2v) is 5.27. The fourth-order valence-corrected chi connectivity index (χ4v) is 2.84. The van der Waals surface area contributed by atoms with E-state index in [1.165, 1.54) is 16.5 Å². The van der Waals surface area contributed by atoms with Crippen LogP contribution in [0, 0.1) is 19.7 Å². The van der Waals surface area contributed by atoms with Crippen LogP contribution in [-0.2, 0) is 0 Å². The zero-order valence-corrected chi connectivity index (χ0v) is 11.1. The molecule has 1 unspecified atom stereocenters. The van der Waals surface area contributed by atoms with Crippen LogP contribution in [0.1, 0.15) is 27.6 Å². The fraction of sp³-hybridized carbons (Fsp3) is 0.286. The summed E-state index contributed by atoms with van der Waals surface area (Å²) in [5.41, 5.74) is 3.34. The minimum Gasteiger partial charge on any atom is -0.309 e. The number of aryl methyl sites for hydroxylation is 2. The summed E-state index contributed by atoms with van der Waals surface area (Å²) >= 11 is 1.72. The van der Waals surface area contributed by atoms with E-state index in [4.69, 9.17) is 0 Å². The molecule has 0 bridgehead atoms. The van der Waals surface area contributed by atoms with Crippen molar-refractivity contribution in [3.05, 3.63) is 57.0 Å². The molecule has 1 aromatic heterocycles. The SMILES string of the molecule is CNC(c1cc(F)ccc1C)c1ccsc1C. The molecule has 2 aromatic rings. The molecule has 0 radical (unpaired) electrons. The molecule has 2 rings (SSSR count). The highest BCUT2D eigenvalue weighted by Gasteiger charge is 2.17. The lowest BCUT2D eigenvalue weighted by Gasteiger charge is -2.19. The standard InChI is InChI=1S/C14H16FNS/c1-9-4-5-11(15)8-13(9)14(16-3)12-6-7-17-10(12)2/h4-8,14,16H,1-3H3. The number of benzene rings is 1. The molecule has 1 atom stereocenters. The van der Waals surface area contributed by atoms with Crippen molar-refractivity contribution in [1.82, 2.24) is 5.32 Å². The van der Waals surface area contributed by atoms with E-state index in [1.54, 1.807) is 17.4 Å². The summed E-state index contributed by atoms with van der Waals surface area (Å²) in [5.74, 6) is -0.182. The van der Waals surface area contributed by atoms with Crippen molar-refractivity contribution < 1.29 is 4.39 Å². The number of hydrogen-bond acceptors (Lipinski definition) is 2. The minimum atomic E-state index is -0.182. The summed E-state index contributed by atoms with van der Waals surface area (Å²) < 4.78 is 13.4. The van der Waals surface area contributed by atoms with Crippen molar-refractivity contribution in [2.75, 3.05) is 7.05 Å². The lowest BCUT2D eigenvalue weighted by molar-refractivity contribution is 0.615. The Kier molecular flexibility index (Phi) is 3.60. The van der Waals surface area contributed by atoms with Gasteiger partial charge < -0.3 is 5.32 Å². The number of rotatable bonds is 3. The maximum absolute atomic E-state index is 13.4. The molecule has 3 heteroatoms. The zero-order chi connectivity index (χ0) is 12.4.